The molecule has 1 aliphatic rings. The molecule has 0 heterocycles. The maximum Gasteiger partial charge on any atom is 0.258 e. The lowest BCUT2D eigenvalue weighted by atomic mass is 9.95. The van der Waals surface area contributed by atoms with Gasteiger partial charge in [0, 0.05) is 12.1 Å². The van der Waals surface area contributed by atoms with E-state index < -0.39 is 0 Å². The van der Waals surface area contributed by atoms with Crippen molar-refractivity contribution in [2.24, 2.45) is 0 Å². The Morgan fingerprint density at radius 1 is 1.32 bits per heavy atom. The molecule has 2 rings (SSSR count). The zero-order valence-corrected chi connectivity index (χ0v) is 11.3. The van der Waals surface area contributed by atoms with Crippen molar-refractivity contribution in [1.82, 2.24) is 5.32 Å². The third kappa shape index (κ3) is 4.47. The van der Waals surface area contributed by atoms with Gasteiger partial charge in [0.1, 0.15) is 11.5 Å². The molecule has 4 heteroatoms. The summed E-state index contributed by atoms with van der Waals surface area (Å²) in [5.74, 6) is 0.590. The lowest BCUT2D eigenvalue weighted by Gasteiger charge is -2.22. The van der Waals surface area contributed by atoms with Crippen LogP contribution in [0, 0.1) is 6.92 Å². The van der Waals surface area contributed by atoms with Crippen LogP contribution in [0.25, 0.3) is 0 Å². The molecule has 0 unspecified atom stereocenters. The molecule has 2 N–H and O–H groups in total. The number of phenolic OH excluding ortho intramolecular Hbond substituents is 1. The first-order valence-corrected chi connectivity index (χ1v) is 6.86. The summed E-state index contributed by atoms with van der Waals surface area (Å²) < 4.78 is 5.40. The van der Waals surface area contributed by atoms with Crippen LogP contribution in [0.4, 0.5) is 0 Å². The summed E-state index contributed by atoms with van der Waals surface area (Å²) in [6.45, 7) is 1.87. The van der Waals surface area contributed by atoms with E-state index in [0.717, 1.165) is 18.4 Å². The minimum Gasteiger partial charge on any atom is -0.508 e. The lowest BCUT2D eigenvalue weighted by molar-refractivity contribution is -0.124. The minimum absolute atomic E-state index is 0.000602. The molecule has 1 saturated carbocycles. The fourth-order valence-corrected chi connectivity index (χ4v) is 2.48. The van der Waals surface area contributed by atoms with Gasteiger partial charge in [-0.15, -0.1) is 0 Å². The Morgan fingerprint density at radius 3 is 2.74 bits per heavy atom. The molecule has 4 nitrogen and oxygen atoms in total. The number of hydrogen-bond acceptors (Lipinski definition) is 3. The minimum atomic E-state index is -0.0899. The van der Waals surface area contributed by atoms with Crippen molar-refractivity contribution in [3.63, 3.8) is 0 Å². The van der Waals surface area contributed by atoms with Crippen LogP contribution in [-0.4, -0.2) is 23.7 Å². The van der Waals surface area contributed by atoms with Gasteiger partial charge in [0.05, 0.1) is 0 Å². The number of phenols is 1. The Balaban J connectivity index is 1.79. The average Bonchev–Trinajstić information content (AvgIpc) is 2.36. The van der Waals surface area contributed by atoms with Crippen molar-refractivity contribution in [1.29, 1.82) is 0 Å². The molecule has 0 radical (unpaired) electrons. The Labute approximate surface area is 113 Å². The molecule has 0 saturated heterocycles. The van der Waals surface area contributed by atoms with Crippen LogP contribution in [-0.2, 0) is 4.79 Å². The van der Waals surface area contributed by atoms with Crippen molar-refractivity contribution < 1.29 is 14.6 Å². The predicted octanol–water partition coefficient (Wildman–Crippen LogP) is 2.53. The number of benzene rings is 1. The second-order valence-corrected chi connectivity index (χ2v) is 5.20. The number of hydrogen-bond donors (Lipinski definition) is 2. The maximum atomic E-state index is 11.8. The number of carbonyl (C=O) groups excluding carboxylic acids is 1. The molecule has 0 spiro atoms. The molecule has 0 bridgehead atoms. The van der Waals surface area contributed by atoms with Crippen molar-refractivity contribution in [3.05, 3.63) is 23.8 Å². The summed E-state index contributed by atoms with van der Waals surface area (Å²) in [6, 6.07) is 5.26. The topological polar surface area (TPSA) is 58.6 Å². The van der Waals surface area contributed by atoms with Gasteiger partial charge in [-0.3, -0.25) is 4.79 Å². The van der Waals surface area contributed by atoms with Crippen molar-refractivity contribution in [3.8, 4) is 11.5 Å². The first-order chi connectivity index (χ1) is 9.13. The van der Waals surface area contributed by atoms with E-state index in [4.69, 9.17) is 4.74 Å². The molecule has 0 aromatic heterocycles. The summed E-state index contributed by atoms with van der Waals surface area (Å²) >= 11 is 0. The standard InChI is InChI=1S/C15H21NO3/c1-11-7-13(17)9-14(8-11)19-10-15(18)16-12-5-3-2-4-6-12/h7-9,12,17H,2-6,10H2,1H3,(H,16,18). The highest BCUT2D eigenvalue weighted by molar-refractivity contribution is 5.77. The molecule has 1 aliphatic carbocycles. The van der Waals surface area contributed by atoms with Crippen LogP contribution in [0.15, 0.2) is 18.2 Å². The van der Waals surface area contributed by atoms with Gasteiger partial charge in [-0.25, -0.2) is 0 Å². The lowest BCUT2D eigenvalue weighted by Crippen LogP contribution is -2.38. The van der Waals surface area contributed by atoms with Crippen molar-refractivity contribution in [2.45, 2.75) is 45.1 Å². The number of ether oxygens (including phenoxy) is 1. The fourth-order valence-electron chi connectivity index (χ4n) is 2.48. The molecule has 0 aliphatic heterocycles. The summed E-state index contributed by atoms with van der Waals surface area (Å²) in [7, 11) is 0. The van der Waals surface area contributed by atoms with Crippen LogP contribution < -0.4 is 10.1 Å². The molecule has 104 valence electrons. The number of aromatic hydroxyl groups is 1. The number of rotatable bonds is 4. The van der Waals surface area contributed by atoms with Gasteiger partial charge in [0.25, 0.3) is 5.91 Å². The van der Waals surface area contributed by atoms with Crippen LogP contribution in [0.1, 0.15) is 37.7 Å². The van der Waals surface area contributed by atoms with E-state index in [0.29, 0.717) is 11.8 Å². The zero-order chi connectivity index (χ0) is 13.7. The van der Waals surface area contributed by atoms with E-state index in [1.807, 2.05) is 6.92 Å². The first kappa shape index (κ1) is 13.7. The van der Waals surface area contributed by atoms with Gasteiger partial charge >= 0.3 is 0 Å². The van der Waals surface area contributed by atoms with Gasteiger partial charge < -0.3 is 15.2 Å². The van der Waals surface area contributed by atoms with Gasteiger partial charge in [-0.05, 0) is 37.5 Å². The first-order valence-electron chi connectivity index (χ1n) is 6.86. The van der Waals surface area contributed by atoms with E-state index in [1.54, 1.807) is 12.1 Å². The average molecular weight is 263 g/mol. The SMILES string of the molecule is Cc1cc(O)cc(OCC(=O)NC2CCCCC2)c1. The molecule has 1 fully saturated rings. The number of nitrogens with one attached hydrogen (secondary N) is 1. The van der Waals surface area contributed by atoms with Crippen molar-refractivity contribution in [2.75, 3.05) is 6.61 Å². The Bertz CT molecular complexity index is 419. The molecule has 1 aromatic carbocycles. The summed E-state index contributed by atoms with van der Waals surface area (Å²) in [4.78, 5) is 11.8. The highest BCUT2D eigenvalue weighted by atomic mass is 16.5. The normalized spacial score (nSPS) is 16.1. The third-order valence-corrected chi connectivity index (χ3v) is 3.38. The molecule has 1 aromatic rings. The number of aryl methyl sites for hydroxylation is 1. The fraction of sp³-hybridized carbons (Fsp3) is 0.533. The van der Waals surface area contributed by atoms with Gasteiger partial charge in [0.15, 0.2) is 6.61 Å². The predicted molar refractivity (Wildman–Crippen MR) is 73.4 cm³/mol. The van der Waals surface area contributed by atoms with Crippen molar-refractivity contribution >= 4 is 5.91 Å². The van der Waals surface area contributed by atoms with Crippen LogP contribution in [0.2, 0.25) is 0 Å². The highest BCUT2D eigenvalue weighted by Gasteiger charge is 2.15. The van der Waals surface area contributed by atoms with Gasteiger partial charge in [-0.2, -0.15) is 0 Å². The quantitative estimate of drug-likeness (QED) is 0.877. The summed E-state index contributed by atoms with van der Waals surface area (Å²) in [6.07, 6.45) is 5.79. The van der Waals surface area contributed by atoms with E-state index in [-0.39, 0.29) is 18.3 Å². The third-order valence-electron chi connectivity index (χ3n) is 3.38. The zero-order valence-electron chi connectivity index (χ0n) is 11.3. The Morgan fingerprint density at radius 2 is 2.05 bits per heavy atom. The van der Waals surface area contributed by atoms with E-state index >= 15 is 0 Å². The Hall–Kier alpha value is -1.71. The van der Waals surface area contributed by atoms with Crippen LogP contribution in [0.5, 0.6) is 11.5 Å². The summed E-state index contributed by atoms with van der Waals surface area (Å²) in [5, 5.41) is 12.4. The monoisotopic (exact) mass is 263 g/mol. The molecule has 1 amide bonds. The highest BCUT2D eigenvalue weighted by Crippen LogP contribution is 2.21. The van der Waals surface area contributed by atoms with Crippen LogP contribution >= 0.6 is 0 Å². The number of carbonyl (C=O) groups is 1. The largest absolute Gasteiger partial charge is 0.508 e. The molecule has 19 heavy (non-hydrogen) atoms. The smallest absolute Gasteiger partial charge is 0.258 e. The summed E-state index contributed by atoms with van der Waals surface area (Å²) in [5.41, 5.74) is 0.905. The second kappa shape index (κ2) is 6.45. The maximum absolute atomic E-state index is 11.8. The van der Waals surface area contributed by atoms with E-state index in [1.165, 1.54) is 25.3 Å². The molecular formula is C15H21NO3. The number of amides is 1. The second-order valence-electron chi connectivity index (χ2n) is 5.20. The Kier molecular flexibility index (Phi) is 4.66. The van der Waals surface area contributed by atoms with Crippen LogP contribution in [0.3, 0.4) is 0 Å². The molecule has 0 atom stereocenters. The van der Waals surface area contributed by atoms with E-state index in [9.17, 15) is 9.90 Å². The van der Waals surface area contributed by atoms with Gasteiger partial charge in [-0.1, -0.05) is 19.3 Å². The van der Waals surface area contributed by atoms with Gasteiger partial charge in [0.2, 0.25) is 0 Å². The molecular weight excluding hydrogens is 242 g/mol. The van der Waals surface area contributed by atoms with E-state index in [2.05, 4.69) is 5.32 Å².